The van der Waals surface area contributed by atoms with Gasteiger partial charge in [-0.15, -0.1) is 0 Å². The lowest BCUT2D eigenvalue weighted by atomic mass is 9.94. The van der Waals surface area contributed by atoms with E-state index in [4.69, 9.17) is 23.7 Å². The Morgan fingerprint density at radius 3 is 2.12 bits per heavy atom. The average Bonchev–Trinajstić information content (AvgIpc) is 2.88. The van der Waals surface area contributed by atoms with E-state index in [0.29, 0.717) is 12.2 Å². The summed E-state index contributed by atoms with van der Waals surface area (Å²) in [5.41, 5.74) is 0. The molecule has 1 aliphatic heterocycles. The summed E-state index contributed by atoms with van der Waals surface area (Å²) in [5.74, 6) is -5.90. The van der Waals surface area contributed by atoms with E-state index in [-0.39, 0.29) is 0 Å². The maximum atomic E-state index is 13.4. The zero-order valence-corrected chi connectivity index (χ0v) is 24.6. The number of amides is 1. The van der Waals surface area contributed by atoms with Gasteiger partial charge in [0.2, 0.25) is 5.76 Å². The Hall–Kier alpha value is -2.97. The van der Waals surface area contributed by atoms with Crippen LogP contribution in [0.3, 0.4) is 0 Å². The predicted molar refractivity (Wildman–Crippen MR) is 140 cm³/mol. The van der Waals surface area contributed by atoms with Gasteiger partial charge in [-0.05, 0) is 18.2 Å². The van der Waals surface area contributed by atoms with E-state index in [1.807, 2.05) is 5.32 Å². The monoisotopic (exact) mass is 613 g/mol. The molecule has 5 atom stereocenters. The number of alkyl halides is 3. The van der Waals surface area contributed by atoms with Crippen LogP contribution >= 0.6 is 11.8 Å². The zero-order valence-electron chi connectivity index (χ0n) is 23.7. The van der Waals surface area contributed by atoms with Crippen molar-refractivity contribution in [3.05, 3.63) is 11.8 Å². The topological polar surface area (TPSA) is 144 Å². The van der Waals surface area contributed by atoms with Gasteiger partial charge in [0.05, 0.1) is 18.4 Å². The van der Waals surface area contributed by atoms with Gasteiger partial charge in [0.1, 0.15) is 6.61 Å². The van der Waals surface area contributed by atoms with Gasteiger partial charge in [0.15, 0.2) is 18.3 Å². The number of nitrogens with one attached hydrogen (secondary N) is 1. The van der Waals surface area contributed by atoms with E-state index < -0.39 is 77.9 Å². The molecule has 0 bridgehead atoms. The van der Waals surface area contributed by atoms with Crippen molar-refractivity contribution in [3.63, 3.8) is 0 Å². The van der Waals surface area contributed by atoms with Crippen molar-refractivity contribution in [3.8, 4) is 0 Å². The molecule has 0 aliphatic carbocycles. The van der Waals surface area contributed by atoms with Crippen molar-refractivity contribution in [1.29, 1.82) is 0 Å². The third-order valence-corrected chi connectivity index (χ3v) is 7.14. The van der Waals surface area contributed by atoms with Crippen LogP contribution in [-0.4, -0.2) is 85.0 Å². The van der Waals surface area contributed by atoms with E-state index in [1.165, 1.54) is 6.08 Å². The third kappa shape index (κ3) is 13.0. The Bertz CT molecular complexity index is 943. The summed E-state index contributed by atoms with van der Waals surface area (Å²) in [6, 6.07) is -1.54. The van der Waals surface area contributed by atoms with Crippen molar-refractivity contribution < 1.29 is 60.8 Å². The third-order valence-electron chi connectivity index (χ3n) is 5.80. The second-order valence-electron chi connectivity index (χ2n) is 9.23. The maximum absolute atomic E-state index is 13.4. The summed E-state index contributed by atoms with van der Waals surface area (Å²) in [4.78, 5) is 60.0. The lowest BCUT2D eigenvalue weighted by Gasteiger charge is -2.41. The van der Waals surface area contributed by atoms with E-state index in [1.54, 1.807) is 0 Å². The Morgan fingerprint density at radius 1 is 0.976 bits per heavy atom. The standard InChI is InChI=1S/C26H38F3NO10S/c1-6-7-8-9-10-11-12-41-20-13-18(24(34)36-5)40-23(21(20)30-25(35)26(27,28)29)22(39-17(4)33)19(38-16(3)32)14-37-15(2)31/h13,19-23H,6-12,14H2,1-5H3,(H,30,35)/t19-,20+,21-,22-,23-/m1/s1. The lowest BCUT2D eigenvalue weighted by Crippen LogP contribution is -2.62. The quantitative estimate of drug-likeness (QED) is 0.155. The molecule has 0 fully saturated rings. The first-order valence-electron chi connectivity index (χ1n) is 13.1. The van der Waals surface area contributed by atoms with Crippen molar-refractivity contribution >= 4 is 41.5 Å². The number of hydrogen-bond acceptors (Lipinski definition) is 11. The number of halogens is 3. The van der Waals surface area contributed by atoms with Crippen LogP contribution in [0.5, 0.6) is 0 Å². The molecule has 1 rings (SSSR count). The highest BCUT2D eigenvalue weighted by Crippen LogP contribution is 2.33. The van der Waals surface area contributed by atoms with E-state index in [2.05, 4.69) is 6.92 Å². The molecule has 15 heteroatoms. The molecule has 1 aliphatic rings. The Balaban J connectivity index is 3.53. The highest BCUT2D eigenvalue weighted by Gasteiger charge is 2.50. The number of carbonyl (C=O) groups excluding carboxylic acids is 5. The SMILES string of the molecule is CCCCCCCCS[C@H]1C=C(C(=O)OC)O[C@@H]([C@H](OC(C)=O)[C@@H](COC(C)=O)OC(C)=O)[C@@H]1NC(=O)C(F)(F)F. The lowest BCUT2D eigenvalue weighted by molar-refractivity contribution is -0.190. The summed E-state index contributed by atoms with van der Waals surface area (Å²) in [6.45, 7) is 4.47. The van der Waals surface area contributed by atoms with E-state index in [0.717, 1.165) is 71.7 Å². The Morgan fingerprint density at radius 2 is 1.59 bits per heavy atom. The number of carbonyl (C=O) groups is 5. The number of methoxy groups -OCH3 is 1. The van der Waals surface area contributed by atoms with Crippen LogP contribution in [0.4, 0.5) is 13.2 Å². The molecule has 0 saturated heterocycles. The number of esters is 4. The molecule has 0 saturated carbocycles. The molecule has 1 amide bonds. The molecule has 0 spiro atoms. The smallest absolute Gasteiger partial charge is 0.471 e. The van der Waals surface area contributed by atoms with Gasteiger partial charge in [0.25, 0.3) is 0 Å². The molecule has 0 unspecified atom stereocenters. The van der Waals surface area contributed by atoms with Gasteiger partial charge in [-0.1, -0.05) is 39.0 Å². The molecular formula is C26H38F3NO10S. The summed E-state index contributed by atoms with van der Waals surface area (Å²) in [6.07, 6.45) is -3.33. The van der Waals surface area contributed by atoms with Crippen LogP contribution in [0.25, 0.3) is 0 Å². The molecule has 0 radical (unpaired) electrons. The van der Waals surface area contributed by atoms with Crippen LogP contribution in [-0.2, 0) is 47.7 Å². The van der Waals surface area contributed by atoms with Gasteiger partial charge in [0, 0.05) is 20.8 Å². The van der Waals surface area contributed by atoms with Crippen molar-refractivity contribution in [2.45, 2.75) is 102 Å². The number of ether oxygens (including phenoxy) is 5. The molecule has 0 aromatic heterocycles. The molecular weight excluding hydrogens is 575 g/mol. The van der Waals surface area contributed by atoms with Gasteiger partial charge in [-0.25, -0.2) is 4.79 Å². The first-order valence-corrected chi connectivity index (χ1v) is 14.2. The van der Waals surface area contributed by atoms with E-state index >= 15 is 0 Å². The second-order valence-corrected chi connectivity index (χ2v) is 10.5. The first kappa shape index (κ1) is 36.1. The van der Waals surface area contributed by atoms with Crippen LogP contribution < -0.4 is 5.32 Å². The summed E-state index contributed by atoms with van der Waals surface area (Å²) < 4.78 is 65.9. The normalized spacial score (nSPS) is 20.0. The predicted octanol–water partition coefficient (Wildman–Crippen LogP) is 3.38. The summed E-state index contributed by atoms with van der Waals surface area (Å²) in [5, 5.41) is 0.895. The van der Waals surface area contributed by atoms with Gasteiger partial charge in [-0.2, -0.15) is 24.9 Å². The average molecular weight is 614 g/mol. The summed E-state index contributed by atoms with van der Waals surface area (Å²) in [7, 11) is 1.06. The van der Waals surface area contributed by atoms with Crippen LogP contribution in [0.2, 0.25) is 0 Å². The minimum absolute atomic E-state index is 0.415. The van der Waals surface area contributed by atoms with Crippen molar-refractivity contribution in [2.24, 2.45) is 0 Å². The zero-order chi connectivity index (χ0) is 31.2. The van der Waals surface area contributed by atoms with Crippen molar-refractivity contribution in [1.82, 2.24) is 5.32 Å². The Labute approximate surface area is 241 Å². The molecule has 1 heterocycles. The number of hydrogen-bond donors (Lipinski definition) is 1. The molecule has 11 nitrogen and oxygen atoms in total. The molecule has 234 valence electrons. The van der Waals surface area contributed by atoms with Gasteiger partial charge < -0.3 is 29.0 Å². The molecule has 0 aromatic rings. The van der Waals surface area contributed by atoms with Gasteiger partial charge >= 0.3 is 36.0 Å². The van der Waals surface area contributed by atoms with Gasteiger partial charge in [-0.3, -0.25) is 19.2 Å². The van der Waals surface area contributed by atoms with Crippen LogP contribution in [0, 0.1) is 0 Å². The number of rotatable bonds is 16. The summed E-state index contributed by atoms with van der Waals surface area (Å²) >= 11 is 1.16. The fourth-order valence-corrected chi connectivity index (χ4v) is 5.29. The van der Waals surface area contributed by atoms with E-state index in [9.17, 15) is 37.1 Å². The van der Waals surface area contributed by atoms with Crippen LogP contribution in [0.1, 0.15) is 66.2 Å². The highest BCUT2D eigenvalue weighted by molar-refractivity contribution is 8.00. The molecule has 0 aromatic carbocycles. The number of thioether (sulfide) groups is 1. The molecule has 41 heavy (non-hydrogen) atoms. The highest BCUT2D eigenvalue weighted by atomic mass is 32.2. The first-order chi connectivity index (χ1) is 19.2. The minimum atomic E-state index is -5.28. The second kappa shape index (κ2) is 17.8. The fraction of sp³-hybridized carbons (Fsp3) is 0.731. The number of unbranched alkanes of at least 4 members (excludes halogenated alkanes) is 5. The minimum Gasteiger partial charge on any atom is -0.477 e. The van der Waals surface area contributed by atoms with Crippen molar-refractivity contribution in [2.75, 3.05) is 19.5 Å². The largest absolute Gasteiger partial charge is 0.477 e. The maximum Gasteiger partial charge on any atom is 0.471 e. The fourth-order valence-electron chi connectivity index (χ4n) is 3.99. The molecule has 1 N–H and O–H groups in total. The Kier molecular flexibility index (Phi) is 15.6. The van der Waals surface area contributed by atoms with Crippen LogP contribution in [0.15, 0.2) is 11.8 Å².